The second-order valence-corrected chi connectivity index (χ2v) is 6.79. The van der Waals surface area contributed by atoms with Crippen molar-refractivity contribution in [1.29, 1.82) is 0 Å². The molecule has 4 heteroatoms. The number of benzene rings is 1. The van der Waals surface area contributed by atoms with Crippen molar-refractivity contribution in [3.8, 4) is 0 Å². The molecule has 2 fully saturated rings. The third-order valence-corrected chi connectivity index (χ3v) is 4.94. The van der Waals surface area contributed by atoms with Crippen molar-refractivity contribution in [2.75, 3.05) is 13.2 Å². The van der Waals surface area contributed by atoms with Crippen molar-refractivity contribution < 1.29 is 9.53 Å². The SMILES string of the molecule is C/C(=C\C(=O)NC1(c2ccc(Cl)cc2)CCOCC1)C1CC1. The van der Waals surface area contributed by atoms with Gasteiger partial charge in [0.05, 0.1) is 5.54 Å². The predicted molar refractivity (Wildman–Crippen MR) is 87.8 cm³/mol. The molecule has 0 unspecified atom stereocenters. The average molecular weight is 320 g/mol. The molecule has 0 radical (unpaired) electrons. The summed E-state index contributed by atoms with van der Waals surface area (Å²) in [5.41, 5.74) is 1.95. The van der Waals surface area contributed by atoms with E-state index in [4.69, 9.17) is 16.3 Å². The highest BCUT2D eigenvalue weighted by Gasteiger charge is 2.35. The van der Waals surface area contributed by atoms with Gasteiger partial charge in [-0.15, -0.1) is 0 Å². The Kier molecular flexibility index (Phi) is 4.55. The largest absolute Gasteiger partial charge is 0.381 e. The Morgan fingerprint density at radius 1 is 1.27 bits per heavy atom. The minimum Gasteiger partial charge on any atom is -0.381 e. The van der Waals surface area contributed by atoms with Gasteiger partial charge < -0.3 is 10.1 Å². The summed E-state index contributed by atoms with van der Waals surface area (Å²) in [5, 5.41) is 3.95. The Morgan fingerprint density at radius 2 is 1.91 bits per heavy atom. The van der Waals surface area contributed by atoms with Crippen molar-refractivity contribution in [3.05, 3.63) is 46.5 Å². The minimum atomic E-state index is -0.347. The highest BCUT2D eigenvalue weighted by molar-refractivity contribution is 6.30. The maximum absolute atomic E-state index is 12.4. The summed E-state index contributed by atoms with van der Waals surface area (Å²) < 4.78 is 5.49. The van der Waals surface area contributed by atoms with Gasteiger partial charge in [0.25, 0.3) is 0 Å². The van der Waals surface area contributed by atoms with Gasteiger partial charge in [-0.3, -0.25) is 4.79 Å². The third kappa shape index (κ3) is 3.53. The zero-order valence-electron chi connectivity index (χ0n) is 12.9. The number of hydrogen-bond donors (Lipinski definition) is 1. The van der Waals surface area contributed by atoms with Gasteiger partial charge >= 0.3 is 0 Å². The number of rotatable bonds is 4. The summed E-state index contributed by atoms with van der Waals surface area (Å²) in [7, 11) is 0. The molecule has 0 aromatic heterocycles. The van der Waals surface area contributed by atoms with Crippen molar-refractivity contribution in [3.63, 3.8) is 0 Å². The van der Waals surface area contributed by atoms with Gasteiger partial charge in [-0.25, -0.2) is 0 Å². The second kappa shape index (κ2) is 6.43. The summed E-state index contributed by atoms with van der Waals surface area (Å²) in [6.45, 7) is 3.37. The number of amides is 1. The molecule has 1 N–H and O–H groups in total. The lowest BCUT2D eigenvalue weighted by atomic mass is 9.82. The Hall–Kier alpha value is -1.32. The highest BCUT2D eigenvalue weighted by Crippen LogP contribution is 2.36. The third-order valence-electron chi connectivity index (χ3n) is 4.69. The van der Waals surface area contributed by atoms with Crippen LogP contribution in [0.25, 0.3) is 0 Å². The Bertz CT molecular complexity index is 569. The van der Waals surface area contributed by atoms with E-state index in [1.54, 1.807) is 6.08 Å². The zero-order valence-corrected chi connectivity index (χ0v) is 13.7. The van der Waals surface area contributed by atoms with E-state index in [1.165, 1.54) is 18.4 Å². The van der Waals surface area contributed by atoms with Crippen molar-refractivity contribution >= 4 is 17.5 Å². The highest BCUT2D eigenvalue weighted by atomic mass is 35.5. The van der Waals surface area contributed by atoms with Gasteiger partial charge in [-0.1, -0.05) is 29.3 Å². The lowest BCUT2D eigenvalue weighted by molar-refractivity contribution is -0.119. The van der Waals surface area contributed by atoms with Crippen LogP contribution < -0.4 is 5.32 Å². The normalized spacial score (nSPS) is 21.5. The maximum Gasteiger partial charge on any atom is 0.244 e. The van der Waals surface area contributed by atoms with E-state index >= 15 is 0 Å². The van der Waals surface area contributed by atoms with Crippen LogP contribution in [0.2, 0.25) is 5.02 Å². The standard InChI is InChI=1S/C18H22ClNO2/c1-13(14-2-3-14)12-17(21)20-18(8-10-22-11-9-18)15-4-6-16(19)7-5-15/h4-7,12,14H,2-3,8-11H2,1H3,(H,20,21)/b13-12+. The molecule has 0 spiro atoms. The molecule has 3 rings (SSSR count). The fourth-order valence-corrected chi connectivity index (χ4v) is 3.24. The molecule has 2 aliphatic rings. The topological polar surface area (TPSA) is 38.3 Å². The van der Waals surface area contributed by atoms with Crippen LogP contribution in [0.15, 0.2) is 35.9 Å². The number of carbonyl (C=O) groups is 1. The first-order valence-electron chi connectivity index (χ1n) is 7.93. The van der Waals surface area contributed by atoms with Gasteiger partial charge in [-0.2, -0.15) is 0 Å². The van der Waals surface area contributed by atoms with Gasteiger partial charge in [-0.05, 0) is 56.2 Å². The molecule has 1 aromatic carbocycles. The van der Waals surface area contributed by atoms with Crippen LogP contribution in [0, 0.1) is 5.92 Å². The van der Waals surface area contributed by atoms with E-state index in [-0.39, 0.29) is 11.4 Å². The van der Waals surface area contributed by atoms with Gasteiger partial charge in [0.2, 0.25) is 5.91 Å². The van der Waals surface area contributed by atoms with Crippen LogP contribution in [0.5, 0.6) is 0 Å². The molecule has 1 saturated heterocycles. The molecule has 1 saturated carbocycles. The average Bonchev–Trinajstić information content (AvgIpc) is 3.33. The van der Waals surface area contributed by atoms with E-state index in [2.05, 4.69) is 12.2 Å². The molecular weight excluding hydrogens is 298 g/mol. The fourth-order valence-electron chi connectivity index (χ4n) is 3.11. The molecule has 1 aliphatic heterocycles. The molecule has 0 bridgehead atoms. The summed E-state index contributed by atoms with van der Waals surface area (Å²) in [6.07, 6.45) is 5.77. The molecule has 0 atom stereocenters. The number of halogens is 1. The number of hydrogen-bond acceptors (Lipinski definition) is 2. The van der Waals surface area contributed by atoms with Gasteiger partial charge in [0.15, 0.2) is 0 Å². The van der Waals surface area contributed by atoms with Crippen LogP contribution in [0.1, 0.15) is 38.2 Å². The van der Waals surface area contributed by atoms with Gasteiger partial charge in [0, 0.05) is 24.3 Å². The number of carbonyl (C=O) groups excluding carboxylic acids is 1. The van der Waals surface area contributed by atoms with E-state index in [0.717, 1.165) is 18.4 Å². The first-order chi connectivity index (χ1) is 10.6. The molecule has 118 valence electrons. The molecule has 1 aromatic rings. The quantitative estimate of drug-likeness (QED) is 0.857. The van der Waals surface area contributed by atoms with E-state index < -0.39 is 0 Å². The lowest BCUT2D eigenvalue weighted by Crippen LogP contribution is -2.49. The fraction of sp³-hybridized carbons (Fsp3) is 0.500. The monoisotopic (exact) mass is 319 g/mol. The molecule has 22 heavy (non-hydrogen) atoms. The molecule has 1 amide bonds. The van der Waals surface area contributed by atoms with Gasteiger partial charge in [0.1, 0.15) is 0 Å². The van der Waals surface area contributed by atoms with Crippen molar-refractivity contribution in [2.45, 2.75) is 38.1 Å². The smallest absolute Gasteiger partial charge is 0.244 e. The summed E-state index contributed by atoms with van der Waals surface area (Å²) >= 11 is 5.99. The zero-order chi connectivity index (χ0) is 15.6. The second-order valence-electron chi connectivity index (χ2n) is 6.35. The van der Waals surface area contributed by atoms with Crippen LogP contribution in [0.3, 0.4) is 0 Å². The minimum absolute atomic E-state index is 0.00116. The first kappa shape index (κ1) is 15.6. The molecule has 3 nitrogen and oxygen atoms in total. The summed E-state index contributed by atoms with van der Waals surface area (Å²) in [4.78, 5) is 12.4. The van der Waals surface area contributed by atoms with E-state index in [1.807, 2.05) is 24.3 Å². The number of allylic oxidation sites excluding steroid dienone is 1. The predicted octanol–water partition coefficient (Wildman–Crippen LogP) is 3.82. The lowest BCUT2D eigenvalue weighted by Gasteiger charge is -2.38. The molecule has 1 aliphatic carbocycles. The maximum atomic E-state index is 12.4. The summed E-state index contributed by atoms with van der Waals surface area (Å²) in [5.74, 6) is 0.619. The molecular formula is C18H22ClNO2. The Morgan fingerprint density at radius 3 is 2.50 bits per heavy atom. The van der Waals surface area contributed by atoms with E-state index in [0.29, 0.717) is 24.2 Å². The van der Waals surface area contributed by atoms with Crippen LogP contribution in [0.4, 0.5) is 0 Å². The number of nitrogens with one attached hydrogen (secondary N) is 1. The first-order valence-corrected chi connectivity index (χ1v) is 8.31. The van der Waals surface area contributed by atoms with Crippen LogP contribution >= 0.6 is 11.6 Å². The van der Waals surface area contributed by atoms with E-state index in [9.17, 15) is 4.79 Å². The Labute approximate surface area is 136 Å². The van der Waals surface area contributed by atoms with Crippen LogP contribution in [-0.2, 0) is 15.1 Å². The molecule has 1 heterocycles. The number of ether oxygens (including phenoxy) is 1. The van der Waals surface area contributed by atoms with Crippen molar-refractivity contribution in [1.82, 2.24) is 5.32 Å². The van der Waals surface area contributed by atoms with Crippen LogP contribution in [-0.4, -0.2) is 19.1 Å². The summed E-state index contributed by atoms with van der Waals surface area (Å²) in [6, 6.07) is 7.77. The van der Waals surface area contributed by atoms with Crippen molar-refractivity contribution in [2.24, 2.45) is 5.92 Å². The Balaban J connectivity index is 1.81.